The van der Waals surface area contributed by atoms with E-state index in [0.717, 1.165) is 23.6 Å². The minimum atomic E-state index is 0.00660. The van der Waals surface area contributed by atoms with E-state index in [0.29, 0.717) is 23.5 Å². The van der Waals surface area contributed by atoms with Gasteiger partial charge in [-0.15, -0.1) is 0 Å². The third-order valence-corrected chi connectivity index (χ3v) is 6.14. The Morgan fingerprint density at radius 2 is 1.76 bits per heavy atom. The number of benzene rings is 1. The van der Waals surface area contributed by atoms with Gasteiger partial charge in [0.1, 0.15) is 0 Å². The van der Waals surface area contributed by atoms with Crippen LogP contribution < -0.4 is 10.6 Å². The van der Waals surface area contributed by atoms with Gasteiger partial charge in [0.05, 0.1) is 0 Å². The van der Waals surface area contributed by atoms with E-state index >= 15 is 0 Å². The fraction of sp³-hybridized carbons (Fsp3) is 0.522. The molecule has 1 aromatic heterocycles. The average molecular weight is 394 g/mol. The first-order valence-electron chi connectivity index (χ1n) is 10.8. The van der Waals surface area contributed by atoms with Crippen LogP contribution in [-0.4, -0.2) is 46.5 Å². The molecule has 2 aromatic rings. The lowest BCUT2D eigenvalue weighted by Crippen LogP contribution is -2.51. The Hall–Kier alpha value is -2.47. The van der Waals surface area contributed by atoms with Crippen LogP contribution in [0, 0.1) is 19.8 Å². The molecule has 154 valence electrons. The molecular weight excluding hydrogens is 362 g/mol. The molecule has 0 radical (unpaired) electrons. The van der Waals surface area contributed by atoms with Gasteiger partial charge in [-0.25, -0.2) is 9.97 Å². The largest absolute Gasteiger partial charge is 0.352 e. The molecule has 0 spiro atoms. The van der Waals surface area contributed by atoms with Crippen molar-refractivity contribution in [3.63, 3.8) is 0 Å². The van der Waals surface area contributed by atoms with Gasteiger partial charge in [0.15, 0.2) is 0 Å². The van der Waals surface area contributed by atoms with Gasteiger partial charge in [-0.3, -0.25) is 4.79 Å². The van der Waals surface area contributed by atoms with Crippen molar-refractivity contribution in [2.75, 3.05) is 25.0 Å². The lowest BCUT2D eigenvalue weighted by Gasteiger charge is -2.44. The number of anilines is 2. The molecule has 2 fully saturated rings. The van der Waals surface area contributed by atoms with E-state index in [4.69, 9.17) is 0 Å². The Kier molecular flexibility index (Phi) is 6.09. The summed E-state index contributed by atoms with van der Waals surface area (Å²) in [5.41, 5.74) is 3.41. The van der Waals surface area contributed by atoms with E-state index in [2.05, 4.69) is 25.5 Å². The first kappa shape index (κ1) is 19.8. The Balaban J connectivity index is 1.33. The van der Waals surface area contributed by atoms with Crippen molar-refractivity contribution in [1.29, 1.82) is 0 Å². The van der Waals surface area contributed by atoms with Crippen molar-refractivity contribution in [1.82, 2.24) is 20.2 Å². The molecule has 2 aliphatic heterocycles. The third-order valence-electron chi connectivity index (χ3n) is 6.14. The predicted molar refractivity (Wildman–Crippen MR) is 115 cm³/mol. The van der Waals surface area contributed by atoms with E-state index in [-0.39, 0.29) is 5.91 Å². The molecule has 2 aliphatic rings. The standard InChI is InChI=1S/C23H31N5O/c1-16-14-17(2)26-23(25-16)27-20-10-8-18(9-11-20)22(29)24-15-19-6-5-13-28-12-4-3-7-21(19)28/h8-11,14,19,21H,3-7,12-13,15H2,1-2H3,(H,24,29)(H,25,26,27)/t19-,21+/m0/s1. The van der Waals surface area contributed by atoms with E-state index in [1.807, 2.05) is 44.2 Å². The average Bonchev–Trinajstić information content (AvgIpc) is 2.72. The predicted octanol–water partition coefficient (Wildman–Crippen LogP) is 3.83. The Morgan fingerprint density at radius 1 is 1.03 bits per heavy atom. The number of piperidine rings is 2. The number of carbonyl (C=O) groups is 1. The lowest BCUT2D eigenvalue weighted by molar-refractivity contribution is 0.0575. The molecule has 29 heavy (non-hydrogen) atoms. The molecule has 6 heteroatoms. The van der Waals surface area contributed by atoms with Crippen LogP contribution >= 0.6 is 0 Å². The fourth-order valence-corrected chi connectivity index (χ4v) is 4.76. The van der Waals surface area contributed by atoms with E-state index in [9.17, 15) is 4.79 Å². The Labute approximate surface area is 173 Å². The maximum Gasteiger partial charge on any atom is 0.251 e. The molecule has 2 atom stereocenters. The SMILES string of the molecule is Cc1cc(C)nc(Nc2ccc(C(=O)NC[C@@H]3CCCN4CCCC[C@H]34)cc2)n1. The van der Waals surface area contributed by atoms with Crippen LogP contribution in [-0.2, 0) is 0 Å². The first-order valence-corrected chi connectivity index (χ1v) is 10.8. The molecule has 1 aromatic carbocycles. The second-order valence-electron chi connectivity index (χ2n) is 8.39. The number of rotatable bonds is 5. The number of aromatic nitrogens is 2. The number of nitrogens with zero attached hydrogens (tertiary/aromatic N) is 3. The zero-order valence-electron chi connectivity index (χ0n) is 17.4. The minimum absolute atomic E-state index is 0.00660. The monoisotopic (exact) mass is 393 g/mol. The van der Waals surface area contributed by atoms with E-state index in [1.54, 1.807) is 0 Å². The third kappa shape index (κ3) is 4.93. The molecule has 0 saturated carbocycles. The second kappa shape index (κ2) is 8.91. The topological polar surface area (TPSA) is 70.2 Å². The zero-order chi connectivity index (χ0) is 20.2. The van der Waals surface area contributed by atoms with Crippen LogP contribution in [0.1, 0.15) is 53.8 Å². The summed E-state index contributed by atoms with van der Waals surface area (Å²) in [6.45, 7) is 7.14. The first-order chi connectivity index (χ1) is 14.1. The van der Waals surface area contributed by atoms with E-state index in [1.165, 1.54) is 45.2 Å². The summed E-state index contributed by atoms with van der Waals surface area (Å²) in [6.07, 6.45) is 6.40. The van der Waals surface area contributed by atoms with Gasteiger partial charge in [0, 0.05) is 35.2 Å². The molecule has 4 rings (SSSR count). The number of carbonyl (C=O) groups excluding carboxylic acids is 1. The lowest BCUT2D eigenvalue weighted by atomic mass is 9.83. The zero-order valence-corrected chi connectivity index (χ0v) is 17.4. The molecule has 0 bridgehead atoms. The van der Waals surface area contributed by atoms with Gasteiger partial charge in [-0.1, -0.05) is 6.42 Å². The van der Waals surface area contributed by atoms with Crippen molar-refractivity contribution < 1.29 is 4.79 Å². The number of nitrogens with one attached hydrogen (secondary N) is 2. The highest BCUT2D eigenvalue weighted by Crippen LogP contribution is 2.30. The molecule has 0 unspecified atom stereocenters. The van der Waals surface area contributed by atoms with Crippen molar-refractivity contribution in [3.05, 3.63) is 47.3 Å². The van der Waals surface area contributed by atoms with Crippen molar-refractivity contribution in [2.24, 2.45) is 5.92 Å². The van der Waals surface area contributed by atoms with Crippen molar-refractivity contribution in [3.8, 4) is 0 Å². The number of aryl methyl sites for hydroxylation is 2. The Bertz CT molecular complexity index is 829. The van der Waals surface area contributed by atoms with Crippen LogP contribution in [0.25, 0.3) is 0 Å². The highest BCUT2D eigenvalue weighted by molar-refractivity contribution is 5.94. The number of fused-ring (bicyclic) bond motifs is 1. The van der Waals surface area contributed by atoms with Gasteiger partial charge in [0.25, 0.3) is 5.91 Å². The summed E-state index contributed by atoms with van der Waals surface area (Å²) in [7, 11) is 0. The van der Waals surface area contributed by atoms with Crippen molar-refractivity contribution in [2.45, 2.75) is 52.0 Å². The second-order valence-corrected chi connectivity index (χ2v) is 8.39. The van der Waals surface area contributed by atoms with Gasteiger partial charge < -0.3 is 15.5 Å². The number of hydrogen-bond acceptors (Lipinski definition) is 5. The molecule has 1 amide bonds. The summed E-state index contributed by atoms with van der Waals surface area (Å²) in [5, 5.41) is 6.38. The van der Waals surface area contributed by atoms with Crippen LogP contribution in [0.4, 0.5) is 11.6 Å². The minimum Gasteiger partial charge on any atom is -0.352 e. The van der Waals surface area contributed by atoms with Gasteiger partial charge in [0.2, 0.25) is 5.95 Å². The van der Waals surface area contributed by atoms with Gasteiger partial charge in [-0.05, 0) is 88.9 Å². The summed E-state index contributed by atoms with van der Waals surface area (Å²) in [5.74, 6) is 1.16. The van der Waals surface area contributed by atoms with Gasteiger partial charge >= 0.3 is 0 Å². The normalized spacial score (nSPS) is 22.0. The summed E-state index contributed by atoms with van der Waals surface area (Å²) < 4.78 is 0. The summed E-state index contributed by atoms with van der Waals surface area (Å²) in [6, 6.07) is 10.1. The molecule has 6 nitrogen and oxygen atoms in total. The Morgan fingerprint density at radius 3 is 2.52 bits per heavy atom. The summed E-state index contributed by atoms with van der Waals surface area (Å²) in [4.78, 5) is 24.1. The van der Waals surface area contributed by atoms with Gasteiger partial charge in [-0.2, -0.15) is 0 Å². The molecule has 3 heterocycles. The van der Waals surface area contributed by atoms with Crippen LogP contribution in [0.3, 0.4) is 0 Å². The smallest absolute Gasteiger partial charge is 0.251 e. The molecule has 0 aliphatic carbocycles. The van der Waals surface area contributed by atoms with Crippen LogP contribution in [0.5, 0.6) is 0 Å². The van der Waals surface area contributed by atoms with Crippen LogP contribution in [0.15, 0.2) is 30.3 Å². The fourth-order valence-electron chi connectivity index (χ4n) is 4.76. The van der Waals surface area contributed by atoms with Crippen LogP contribution in [0.2, 0.25) is 0 Å². The highest BCUT2D eigenvalue weighted by atomic mass is 16.1. The molecule has 2 N–H and O–H groups in total. The summed E-state index contributed by atoms with van der Waals surface area (Å²) >= 11 is 0. The molecular formula is C23H31N5O. The maximum absolute atomic E-state index is 12.6. The highest BCUT2D eigenvalue weighted by Gasteiger charge is 2.32. The quantitative estimate of drug-likeness (QED) is 0.808. The van der Waals surface area contributed by atoms with Crippen molar-refractivity contribution >= 4 is 17.5 Å². The van der Waals surface area contributed by atoms with E-state index < -0.39 is 0 Å². The molecule has 2 saturated heterocycles. The number of amides is 1. The number of hydrogen-bond donors (Lipinski definition) is 2. The maximum atomic E-state index is 12.6.